The van der Waals surface area contributed by atoms with Crippen LogP contribution in [-0.2, 0) is 6.54 Å². The van der Waals surface area contributed by atoms with Gasteiger partial charge in [-0.05, 0) is 36.9 Å². The third-order valence-corrected chi connectivity index (χ3v) is 4.87. The number of imidazole rings is 1. The second kappa shape index (κ2) is 8.34. The topological polar surface area (TPSA) is 115 Å². The van der Waals surface area contributed by atoms with Crippen LogP contribution >= 0.6 is 0 Å². The predicted molar refractivity (Wildman–Crippen MR) is 113 cm³/mol. The molecule has 9 heteroatoms. The molecule has 0 aliphatic heterocycles. The van der Waals surface area contributed by atoms with Gasteiger partial charge in [0.25, 0.3) is 0 Å². The summed E-state index contributed by atoms with van der Waals surface area (Å²) >= 11 is 0. The lowest BCUT2D eigenvalue weighted by Crippen LogP contribution is -2.21. The van der Waals surface area contributed by atoms with Crippen molar-refractivity contribution in [3.8, 4) is 5.88 Å². The first-order valence-electron chi connectivity index (χ1n) is 9.79. The zero-order valence-electron chi connectivity index (χ0n) is 16.8. The number of nitrogens with zero attached hydrogens (tertiary/aromatic N) is 5. The second-order valence-electron chi connectivity index (χ2n) is 6.88. The quantitative estimate of drug-likeness (QED) is 0.444. The Bertz CT molecular complexity index is 1350. The number of aromatic amines is 2. The molecule has 0 atom stereocenters. The lowest BCUT2D eigenvalue weighted by atomic mass is 10.2. The zero-order chi connectivity index (χ0) is 21.1. The minimum Gasteiger partial charge on any atom is -0.493 e. The minimum atomic E-state index is -0.483. The summed E-state index contributed by atoms with van der Waals surface area (Å²) in [6, 6.07) is 9.90. The molecule has 3 heterocycles. The highest BCUT2D eigenvalue weighted by Crippen LogP contribution is 2.15. The van der Waals surface area contributed by atoms with E-state index in [2.05, 4.69) is 55.9 Å². The Morgan fingerprint density at radius 2 is 2.07 bits per heavy atom. The Balaban J connectivity index is 1.73. The smallest absolute Gasteiger partial charge is 0.326 e. The molecule has 154 valence electrons. The second-order valence-corrected chi connectivity index (χ2v) is 6.88. The molecule has 0 saturated carbocycles. The van der Waals surface area contributed by atoms with Crippen molar-refractivity contribution in [1.29, 1.82) is 0 Å². The van der Waals surface area contributed by atoms with Gasteiger partial charge >= 0.3 is 5.69 Å². The van der Waals surface area contributed by atoms with E-state index in [-0.39, 0.29) is 11.6 Å². The van der Waals surface area contributed by atoms with Crippen LogP contribution in [0.15, 0.2) is 52.5 Å². The van der Waals surface area contributed by atoms with Crippen LogP contribution in [0.3, 0.4) is 0 Å². The van der Waals surface area contributed by atoms with E-state index in [1.807, 2.05) is 12.1 Å². The van der Waals surface area contributed by atoms with Crippen molar-refractivity contribution in [3.05, 3.63) is 75.2 Å². The number of rotatable bonds is 6. The standard InChI is InChI=1S/C21H23N7O2/c1-3-27(4-2)13-14-6-5-7-16(10-14)23-18-8-9-28-19(25-18)15(12-22-28)11-17-20(29)26-21(30)24-17/h5-12,29H,3-4,13H2,1-2H3,(H2,24,26,30)/b15-11+,23-18?. The molecule has 0 aliphatic rings. The van der Waals surface area contributed by atoms with Gasteiger partial charge in [-0.1, -0.05) is 26.0 Å². The summed E-state index contributed by atoms with van der Waals surface area (Å²) in [7, 11) is 0. The number of H-pyrrole nitrogens is 2. The van der Waals surface area contributed by atoms with E-state index in [0.29, 0.717) is 16.4 Å². The van der Waals surface area contributed by atoms with E-state index in [0.717, 1.165) is 25.3 Å². The number of aromatic hydroxyl groups is 1. The van der Waals surface area contributed by atoms with Gasteiger partial charge in [-0.15, -0.1) is 0 Å². The summed E-state index contributed by atoms with van der Waals surface area (Å²) in [4.78, 5) is 27.8. The summed E-state index contributed by atoms with van der Waals surface area (Å²) < 4.78 is 1.61. The van der Waals surface area contributed by atoms with Gasteiger partial charge in [0.05, 0.1) is 11.9 Å². The lowest BCUT2D eigenvalue weighted by Gasteiger charge is -2.17. The molecule has 0 amide bonds. The monoisotopic (exact) mass is 405 g/mol. The summed E-state index contributed by atoms with van der Waals surface area (Å²) in [5.74, 6) is -0.231. The fraction of sp³-hybridized carbons (Fsp3) is 0.238. The molecule has 0 saturated heterocycles. The molecule has 0 fully saturated rings. The molecule has 3 aromatic heterocycles. The van der Waals surface area contributed by atoms with Gasteiger partial charge < -0.3 is 10.1 Å². The van der Waals surface area contributed by atoms with Gasteiger partial charge in [0.1, 0.15) is 5.69 Å². The van der Waals surface area contributed by atoms with Crippen LogP contribution in [0.5, 0.6) is 5.88 Å². The van der Waals surface area contributed by atoms with Crippen molar-refractivity contribution in [1.82, 2.24) is 29.5 Å². The van der Waals surface area contributed by atoms with Gasteiger partial charge in [0.15, 0.2) is 11.1 Å². The van der Waals surface area contributed by atoms with E-state index in [1.54, 1.807) is 29.1 Å². The number of hydrogen-bond donors (Lipinski definition) is 3. The SMILES string of the molecule is CCN(CC)Cc1cccc(N=c2ccn3nc/c(=C\c4[nH]c(=O)[nH]c4O)c3n2)c1. The van der Waals surface area contributed by atoms with Gasteiger partial charge in [-0.3, -0.25) is 9.88 Å². The normalized spacial score (nSPS) is 13.0. The van der Waals surface area contributed by atoms with Gasteiger partial charge in [-0.25, -0.2) is 19.3 Å². The third kappa shape index (κ3) is 4.15. The van der Waals surface area contributed by atoms with Crippen LogP contribution in [0.4, 0.5) is 5.69 Å². The number of fused-ring (bicyclic) bond motifs is 1. The lowest BCUT2D eigenvalue weighted by molar-refractivity contribution is 0.296. The highest BCUT2D eigenvalue weighted by atomic mass is 16.3. The molecule has 30 heavy (non-hydrogen) atoms. The van der Waals surface area contributed by atoms with Crippen LogP contribution in [0.25, 0.3) is 11.7 Å². The summed E-state index contributed by atoms with van der Waals surface area (Å²) in [6.45, 7) is 7.18. The van der Waals surface area contributed by atoms with Crippen LogP contribution in [-0.4, -0.2) is 47.7 Å². The first kappa shape index (κ1) is 19.6. The molecule has 0 bridgehead atoms. The molecular formula is C21H23N7O2. The Hall–Kier alpha value is -3.72. The van der Waals surface area contributed by atoms with E-state index in [9.17, 15) is 9.90 Å². The summed E-state index contributed by atoms with van der Waals surface area (Å²) in [5, 5.41) is 14.7. The molecule has 0 unspecified atom stereocenters. The number of benzene rings is 1. The van der Waals surface area contributed by atoms with E-state index in [1.165, 1.54) is 5.56 Å². The molecular weight excluding hydrogens is 382 g/mol. The molecule has 3 N–H and O–H groups in total. The van der Waals surface area contributed by atoms with Crippen LogP contribution in [0.2, 0.25) is 0 Å². The molecule has 0 spiro atoms. The van der Waals surface area contributed by atoms with E-state index in [4.69, 9.17) is 0 Å². The van der Waals surface area contributed by atoms with Crippen molar-refractivity contribution in [3.63, 3.8) is 0 Å². The summed E-state index contributed by atoms with van der Waals surface area (Å²) in [5.41, 5.74) is 2.92. The van der Waals surface area contributed by atoms with Gasteiger partial charge in [0, 0.05) is 24.0 Å². The Kier molecular flexibility index (Phi) is 5.44. The number of hydrogen-bond acceptors (Lipinski definition) is 6. The molecule has 9 nitrogen and oxygen atoms in total. The van der Waals surface area contributed by atoms with Crippen molar-refractivity contribution in [2.45, 2.75) is 20.4 Å². The maximum Gasteiger partial charge on any atom is 0.326 e. The average molecular weight is 405 g/mol. The van der Waals surface area contributed by atoms with Crippen molar-refractivity contribution >= 4 is 17.4 Å². The Morgan fingerprint density at radius 3 is 2.80 bits per heavy atom. The fourth-order valence-corrected chi connectivity index (χ4v) is 3.25. The largest absolute Gasteiger partial charge is 0.493 e. The molecule has 0 radical (unpaired) electrons. The fourth-order valence-electron chi connectivity index (χ4n) is 3.25. The van der Waals surface area contributed by atoms with E-state index >= 15 is 0 Å². The molecule has 4 rings (SSSR count). The van der Waals surface area contributed by atoms with Crippen LogP contribution in [0, 0.1) is 0 Å². The first-order valence-corrected chi connectivity index (χ1v) is 9.79. The minimum absolute atomic E-state index is 0.231. The zero-order valence-corrected chi connectivity index (χ0v) is 16.8. The summed E-state index contributed by atoms with van der Waals surface area (Å²) in [6.07, 6.45) is 5.00. The van der Waals surface area contributed by atoms with Crippen LogP contribution in [0.1, 0.15) is 25.1 Å². The number of nitrogens with one attached hydrogen (secondary N) is 2. The van der Waals surface area contributed by atoms with Crippen LogP contribution < -0.4 is 16.4 Å². The first-order chi connectivity index (χ1) is 14.6. The highest BCUT2D eigenvalue weighted by Gasteiger charge is 2.05. The molecule has 4 aromatic rings. The molecule has 0 aliphatic carbocycles. The van der Waals surface area contributed by atoms with Gasteiger partial charge in [-0.2, -0.15) is 5.10 Å². The highest BCUT2D eigenvalue weighted by molar-refractivity contribution is 5.56. The Morgan fingerprint density at radius 1 is 1.23 bits per heavy atom. The Labute approximate surface area is 172 Å². The number of aromatic nitrogens is 5. The molecule has 1 aromatic carbocycles. The average Bonchev–Trinajstić information content (AvgIpc) is 3.28. The maximum atomic E-state index is 11.3. The van der Waals surface area contributed by atoms with Crippen molar-refractivity contribution in [2.24, 2.45) is 4.99 Å². The third-order valence-electron chi connectivity index (χ3n) is 4.87. The maximum absolute atomic E-state index is 11.3. The predicted octanol–water partition coefficient (Wildman–Crippen LogP) is 1.07. The van der Waals surface area contributed by atoms with E-state index < -0.39 is 5.69 Å². The van der Waals surface area contributed by atoms with Gasteiger partial charge in [0.2, 0.25) is 5.88 Å². The van der Waals surface area contributed by atoms with Crippen molar-refractivity contribution < 1.29 is 5.11 Å². The van der Waals surface area contributed by atoms with Crippen molar-refractivity contribution in [2.75, 3.05) is 13.1 Å².